The van der Waals surface area contributed by atoms with Gasteiger partial charge in [0.1, 0.15) is 6.10 Å². The summed E-state index contributed by atoms with van der Waals surface area (Å²) in [7, 11) is 1.95. The Labute approximate surface area is 215 Å². The quantitative estimate of drug-likeness (QED) is 0.622. The minimum Gasteiger partial charge on any atom is -0.504 e. The summed E-state index contributed by atoms with van der Waals surface area (Å²) in [6.45, 7) is 2.03. The molecule has 1 spiro atoms. The van der Waals surface area contributed by atoms with E-state index >= 15 is 0 Å². The second-order valence-corrected chi connectivity index (χ2v) is 12.9. The first kappa shape index (κ1) is 23.3. The van der Waals surface area contributed by atoms with E-state index in [1.807, 2.05) is 11.9 Å². The zero-order valence-corrected chi connectivity index (χ0v) is 21.8. The molecule has 7 rings (SSSR count). The van der Waals surface area contributed by atoms with E-state index in [0.29, 0.717) is 24.5 Å². The Kier molecular flexibility index (Phi) is 5.42. The van der Waals surface area contributed by atoms with Crippen molar-refractivity contribution in [3.8, 4) is 11.5 Å². The molecule has 36 heavy (non-hydrogen) atoms. The monoisotopic (exact) mass is 494 g/mol. The van der Waals surface area contributed by atoms with Gasteiger partial charge in [0, 0.05) is 31.6 Å². The highest BCUT2D eigenvalue weighted by Gasteiger charge is 2.73. The number of nitrogens with zero attached hydrogens (tertiary/aromatic N) is 2. The lowest BCUT2D eigenvalue weighted by atomic mass is 9.48. The molecular formula is C30H42N2O4. The second kappa shape index (κ2) is 8.36. The third kappa shape index (κ3) is 3.25. The molecule has 1 saturated heterocycles. The van der Waals surface area contributed by atoms with Crippen molar-refractivity contribution >= 4 is 5.91 Å². The Morgan fingerprint density at radius 2 is 1.92 bits per heavy atom. The molecule has 2 bridgehead atoms. The largest absolute Gasteiger partial charge is 0.504 e. The Bertz CT molecular complexity index is 1050. The van der Waals surface area contributed by atoms with Crippen LogP contribution in [0.15, 0.2) is 12.1 Å². The molecule has 6 heteroatoms. The van der Waals surface area contributed by atoms with Gasteiger partial charge in [-0.1, -0.05) is 38.2 Å². The maximum absolute atomic E-state index is 13.5. The Hall–Kier alpha value is -1.79. The summed E-state index contributed by atoms with van der Waals surface area (Å²) in [5.74, 6) is 2.41. The number of rotatable bonds is 6. The molecule has 0 unspecified atom stereocenters. The molecule has 196 valence electrons. The molecule has 6 nitrogen and oxygen atoms in total. The predicted molar refractivity (Wildman–Crippen MR) is 137 cm³/mol. The summed E-state index contributed by atoms with van der Waals surface area (Å²) < 4.78 is 6.66. The summed E-state index contributed by atoms with van der Waals surface area (Å²) in [5.41, 5.74) is 0.817. The van der Waals surface area contributed by atoms with Gasteiger partial charge in [-0.3, -0.25) is 9.69 Å². The van der Waals surface area contributed by atoms with E-state index in [0.717, 1.165) is 50.3 Å². The van der Waals surface area contributed by atoms with Crippen molar-refractivity contribution in [1.82, 2.24) is 9.80 Å². The van der Waals surface area contributed by atoms with Gasteiger partial charge >= 0.3 is 0 Å². The number of aromatic hydroxyl groups is 1. The van der Waals surface area contributed by atoms with E-state index in [2.05, 4.69) is 11.0 Å². The average molecular weight is 495 g/mol. The smallest absolute Gasteiger partial charge is 0.222 e. The minimum atomic E-state index is -0.890. The predicted octanol–water partition coefficient (Wildman–Crippen LogP) is 4.14. The molecule has 2 heterocycles. The fourth-order valence-electron chi connectivity index (χ4n) is 9.02. The molecule has 4 fully saturated rings. The molecule has 2 N–H and O–H groups in total. The highest BCUT2D eigenvalue weighted by Crippen LogP contribution is 2.66. The first-order valence-corrected chi connectivity index (χ1v) is 14.7. The molecule has 0 aromatic heterocycles. The van der Waals surface area contributed by atoms with Gasteiger partial charge in [0.05, 0.1) is 17.1 Å². The van der Waals surface area contributed by atoms with Crippen LogP contribution in [-0.4, -0.2) is 69.8 Å². The van der Waals surface area contributed by atoms with Gasteiger partial charge < -0.3 is 19.8 Å². The number of likely N-dealkylation sites (N-methyl/N-ethyl adjacent to an activating group) is 1. The molecule has 1 aromatic carbocycles. The number of phenolic OH excluding ortho intramolecular Hbond substituents is 1. The highest BCUT2D eigenvalue weighted by molar-refractivity contribution is 5.76. The highest BCUT2D eigenvalue weighted by atomic mass is 16.5. The van der Waals surface area contributed by atoms with Gasteiger partial charge in [-0.25, -0.2) is 0 Å². The Morgan fingerprint density at radius 1 is 1.11 bits per heavy atom. The van der Waals surface area contributed by atoms with Gasteiger partial charge in [0.15, 0.2) is 11.5 Å². The number of phenols is 1. The molecule has 6 aliphatic rings. The van der Waals surface area contributed by atoms with E-state index in [9.17, 15) is 15.0 Å². The Balaban J connectivity index is 1.20. The lowest BCUT2D eigenvalue weighted by Gasteiger charge is -2.64. The number of aliphatic hydroxyl groups is 1. The zero-order chi connectivity index (χ0) is 24.7. The van der Waals surface area contributed by atoms with Crippen LogP contribution in [0.25, 0.3) is 0 Å². The van der Waals surface area contributed by atoms with Gasteiger partial charge in [0.2, 0.25) is 5.91 Å². The number of carbonyl (C=O) groups excluding carboxylic acids is 1. The van der Waals surface area contributed by atoms with Gasteiger partial charge in [-0.2, -0.15) is 0 Å². The normalized spacial score (nSPS) is 37.3. The van der Waals surface area contributed by atoms with Crippen LogP contribution in [0.2, 0.25) is 0 Å². The minimum absolute atomic E-state index is 0.0780. The summed E-state index contributed by atoms with van der Waals surface area (Å²) in [4.78, 5) is 18.0. The lowest BCUT2D eigenvalue weighted by Crippen LogP contribution is -2.78. The van der Waals surface area contributed by atoms with Crippen molar-refractivity contribution in [2.75, 3.05) is 20.1 Å². The maximum atomic E-state index is 13.5. The van der Waals surface area contributed by atoms with E-state index in [1.54, 1.807) is 6.07 Å². The molecule has 1 aromatic rings. The number of likely N-dealkylation sites (tertiary alicyclic amines) is 1. The molecule has 3 saturated carbocycles. The van der Waals surface area contributed by atoms with Crippen LogP contribution in [0.3, 0.4) is 0 Å². The van der Waals surface area contributed by atoms with E-state index in [-0.39, 0.29) is 29.8 Å². The second-order valence-electron chi connectivity index (χ2n) is 12.9. The molecule has 4 aliphatic carbocycles. The van der Waals surface area contributed by atoms with Gasteiger partial charge in [-0.05, 0) is 75.0 Å². The van der Waals surface area contributed by atoms with E-state index in [4.69, 9.17) is 4.74 Å². The van der Waals surface area contributed by atoms with Crippen molar-refractivity contribution in [2.24, 2.45) is 11.8 Å². The fourth-order valence-corrected chi connectivity index (χ4v) is 9.02. The molecular weight excluding hydrogens is 452 g/mol. The average Bonchev–Trinajstić information content (AvgIpc) is 3.63. The molecule has 0 radical (unpaired) electrons. The summed E-state index contributed by atoms with van der Waals surface area (Å²) in [6, 6.07) is 3.81. The number of amides is 1. The van der Waals surface area contributed by atoms with Gasteiger partial charge in [0.25, 0.3) is 0 Å². The molecule has 2 aliphatic heterocycles. The standard InChI is InChI=1S/C30H42N2O4/c1-31(25(34)12-9-19-5-3-2-4-6-19)22-13-14-30(35)24-17-21-10-11-23(33)27-26(21)29(30,28(22)36-27)15-16-32(24)18-20-7-8-20/h10-11,19-20,22,24,28,33,35H,2-9,12-18H2,1H3/t22-,24-,28+,29+,30-/m1/s1. The van der Waals surface area contributed by atoms with Crippen LogP contribution in [0.5, 0.6) is 11.5 Å². The number of piperidine rings is 1. The molecule has 1 amide bonds. The number of benzene rings is 1. The number of hydrogen-bond acceptors (Lipinski definition) is 5. The van der Waals surface area contributed by atoms with Crippen LogP contribution in [0, 0.1) is 11.8 Å². The number of hydrogen-bond donors (Lipinski definition) is 2. The van der Waals surface area contributed by atoms with Crippen molar-refractivity contribution in [1.29, 1.82) is 0 Å². The Morgan fingerprint density at radius 3 is 2.69 bits per heavy atom. The SMILES string of the molecule is CN(C(=O)CCC1CCCCC1)[C@@H]1CC[C@@]2(O)[C@H]3Cc4ccc(O)c5c4[C@@]2(CCN3CC2CC2)[C@H]1O5. The molecule has 5 atom stereocenters. The first-order chi connectivity index (χ1) is 17.4. The van der Waals surface area contributed by atoms with Crippen LogP contribution in [0.1, 0.15) is 88.2 Å². The lowest BCUT2D eigenvalue weighted by molar-refractivity contribution is -0.200. The van der Waals surface area contributed by atoms with Crippen molar-refractivity contribution in [3.63, 3.8) is 0 Å². The number of carbonyl (C=O) groups is 1. The van der Waals surface area contributed by atoms with Crippen LogP contribution in [-0.2, 0) is 16.6 Å². The van der Waals surface area contributed by atoms with Crippen molar-refractivity contribution < 1.29 is 19.7 Å². The van der Waals surface area contributed by atoms with Crippen LogP contribution in [0.4, 0.5) is 0 Å². The topological polar surface area (TPSA) is 73.2 Å². The maximum Gasteiger partial charge on any atom is 0.222 e. The third-order valence-electron chi connectivity index (χ3n) is 11.1. The van der Waals surface area contributed by atoms with E-state index in [1.165, 1.54) is 50.5 Å². The van der Waals surface area contributed by atoms with Crippen molar-refractivity contribution in [3.05, 3.63) is 23.3 Å². The number of ether oxygens (including phenoxy) is 1. The summed E-state index contributed by atoms with van der Waals surface area (Å²) >= 11 is 0. The van der Waals surface area contributed by atoms with Crippen LogP contribution < -0.4 is 4.74 Å². The third-order valence-corrected chi connectivity index (χ3v) is 11.1. The summed E-state index contributed by atoms with van der Waals surface area (Å²) in [6.07, 6.45) is 13.4. The fraction of sp³-hybridized carbons (Fsp3) is 0.767. The van der Waals surface area contributed by atoms with Crippen molar-refractivity contribution in [2.45, 2.75) is 113 Å². The van der Waals surface area contributed by atoms with Crippen LogP contribution >= 0.6 is 0 Å². The zero-order valence-electron chi connectivity index (χ0n) is 21.8. The first-order valence-electron chi connectivity index (χ1n) is 14.7. The van der Waals surface area contributed by atoms with E-state index < -0.39 is 11.0 Å². The van der Waals surface area contributed by atoms with Gasteiger partial charge in [-0.15, -0.1) is 0 Å². The summed E-state index contributed by atoms with van der Waals surface area (Å²) in [5, 5.41) is 23.4.